The van der Waals surface area contributed by atoms with E-state index in [4.69, 9.17) is 0 Å². The van der Waals surface area contributed by atoms with Crippen molar-refractivity contribution in [2.45, 2.75) is 12.2 Å². The second-order valence-corrected chi connectivity index (χ2v) is 2.12. The minimum Gasteiger partial charge on any atom is -0.261 e. The molecule has 0 amide bonds. The van der Waals surface area contributed by atoms with Crippen LogP contribution in [0.1, 0.15) is 6.42 Å². The number of nitro groups is 1. The summed E-state index contributed by atoms with van der Waals surface area (Å²) >= 11 is 0. The third-order valence-corrected chi connectivity index (χ3v) is 1.37. The summed E-state index contributed by atoms with van der Waals surface area (Å²) in [6.45, 7) is 0. The minimum atomic E-state index is -3.13. The summed E-state index contributed by atoms with van der Waals surface area (Å²) in [7, 11) is 0. The van der Waals surface area contributed by atoms with Crippen molar-refractivity contribution in [1.29, 1.82) is 0 Å². The number of halogens is 2. The van der Waals surface area contributed by atoms with Crippen LogP contribution in [-0.4, -0.2) is 10.7 Å². The van der Waals surface area contributed by atoms with Gasteiger partial charge in [-0.05, 0) is 12.5 Å². The van der Waals surface area contributed by atoms with Crippen LogP contribution in [0.3, 0.4) is 0 Å². The molecule has 0 saturated carbocycles. The maximum atomic E-state index is 12.9. The Bertz CT molecular complexity index is 249. The van der Waals surface area contributed by atoms with E-state index in [1.807, 2.05) is 0 Å². The molecule has 0 aliphatic heterocycles. The monoisotopic (exact) mass is 161 g/mol. The summed E-state index contributed by atoms with van der Waals surface area (Å²) in [5.41, 5.74) is 0. The molecule has 60 valence electrons. The van der Waals surface area contributed by atoms with Gasteiger partial charge in [0.15, 0.2) is 0 Å². The second-order valence-electron chi connectivity index (χ2n) is 2.12. The van der Waals surface area contributed by atoms with Crippen molar-refractivity contribution in [3.63, 3.8) is 0 Å². The molecule has 0 bridgehead atoms. The zero-order valence-electron chi connectivity index (χ0n) is 5.46. The number of rotatable bonds is 1. The average molecular weight is 161 g/mol. The van der Waals surface area contributed by atoms with E-state index >= 15 is 0 Å². The van der Waals surface area contributed by atoms with Crippen LogP contribution in [-0.2, 0) is 0 Å². The number of alkyl halides is 1. The van der Waals surface area contributed by atoms with Crippen LogP contribution in [0.15, 0.2) is 24.1 Å². The van der Waals surface area contributed by atoms with Gasteiger partial charge in [-0.1, -0.05) is 6.08 Å². The molecule has 1 unspecified atom stereocenters. The highest BCUT2D eigenvalue weighted by Gasteiger charge is 2.46. The van der Waals surface area contributed by atoms with Gasteiger partial charge in [-0.25, -0.2) is 4.39 Å². The van der Waals surface area contributed by atoms with Crippen LogP contribution >= 0.6 is 0 Å². The Morgan fingerprint density at radius 3 is 2.73 bits per heavy atom. The smallest absolute Gasteiger partial charge is 0.261 e. The minimum absolute atomic E-state index is 0.200. The Morgan fingerprint density at radius 2 is 2.36 bits per heavy atom. The maximum Gasteiger partial charge on any atom is 0.429 e. The molecule has 0 heterocycles. The number of nitrogens with zero attached hydrogens (tertiary/aromatic N) is 1. The molecule has 0 aromatic rings. The van der Waals surface area contributed by atoms with Crippen LogP contribution in [0, 0.1) is 10.1 Å². The maximum absolute atomic E-state index is 12.9. The van der Waals surface area contributed by atoms with Crippen molar-refractivity contribution in [2.24, 2.45) is 0 Å². The van der Waals surface area contributed by atoms with E-state index in [9.17, 15) is 18.9 Å². The highest BCUT2D eigenvalue weighted by molar-refractivity contribution is 5.20. The Kier molecular flexibility index (Phi) is 1.72. The predicted octanol–water partition coefficient (Wildman–Crippen LogP) is 1.74. The predicted molar refractivity (Wildman–Crippen MR) is 33.8 cm³/mol. The summed E-state index contributed by atoms with van der Waals surface area (Å²) in [6.07, 6.45) is 2.88. The van der Waals surface area contributed by atoms with Gasteiger partial charge in [-0.2, -0.15) is 4.39 Å². The lowest BCUT2D eigenvalue weighted by atomic mass is 10.1. The van der Waals surface area contributed by atoms with E-state index in [-0.39, 0.29) is 6.42 Å². The van der Waals surface area contributed by atoms with Gasteiger partial charge in [0.1, 0.15) is 0 Å². The van der Waals surface area contributed by atoms with Gasteiger partial charge in [0.05, 0.1) is 4.92 Å². The zero-order valence-corrected chi connectivity index (χ0v) is 5.46. The van der Waals surface area contributed by atoms with Crippen LogP contribution in [0.25, 0.3) is 0 Å². The topological polar surface area (TPSA) is 43.1 Å². The van der Waals surface area contributed by atoms with Crippen LogP contribution in [0.5, 0.6) is 0 Å². The molecule has 1 aliphatic carbocycles. The normalized spacial score (nSPS) is 29.8. The van der Waals surface area contributed by atoms with Gasteiger partial charge in [-0.15, -0.1) is 0 Å². The van der Waals surface area contributed by atoms with Gasteiger partial charge in [-0.3, -0.25) is 10.1 Å². The molecular formula is C6H5F2NO2. The fourth-order valence-corrected chi connectivity index (χ4v) is 0.767. The molecular weight excluding hydrogens is 156 g/mol. The summed E-state index contributed by atoms with van der Waals surface area (Å²) in [4.78, 5) is 8.69. The Morgan fingerprint density at radius 1 is 1.73 bits per heavy atom. The third kappa shape index (κ3) is 1.13. The standard InChI is InChI=1S/C6H5F2NO2/c7-5-3-1-2-4-6(5,8)9(10)11/h2-4H,1H2. The molecule has 1 aliphatic rings. The van der Waals surface area contributed by atoms with Crippen molar-refractivity contribution >= 4 is 0 Å². The number of hydrogen-bond acceptors (Lipinski definition) is 2. The summed E-state index contributed by atoms with van der Waals surface area (Å²) in [5.74, 6) is -4.47. The first-order valence-corrected chi connectivity index (χ1v) is 2.94. The fraction of sp³-hybridized carbons (Fsp3) is 0.333. The van der Waals surface area contributed by atoms with Gasteiger partial charge >= 0.3 is 5.79 Å². The molecule has 3 nitrogen and oxygen atoms in total. The number of hydrogen-bond donors (Lipinski definition) is 0. The quantitative estimate of drug-likeness (QED) is 0.254. The Labute approximate surface area is 61.2 Å². The van der Waals surface area contributed by atoms with E-state index in [2.05, 4.69) is 0 Å². The molecule has 0 saturated heterocycles. The second kappa shape index (κ2) is 2.41. The van der Waals surface area contributed by atoms with E-state index in [0.717, 1.165) is 6.08 Å². The largest absolute Gasteiger partial charge is 0.429 e. The van der Waals surface area contributed by atoms with Crippen molar-refractivity contribution in [3.8, 4) is 0 Å². The number of allylic oxidation sites excluding steroid dienone is 2. The fourth-order valence-electron chi connectivity index (χ4n) is 0.767. The SMILES string of the molecule is O=[N+]([O-])C1(F)C=CCC=C1F. The third-order valence-electron chi connectivity index (χ3n) is 1.37. The summed E-state index contributed by atoms with van der Waals surface area (Å²) in [5, 5.41) is 9.98. The van der Waals surface area contributed by atoms with Crippen molar-refractivity contribution in [2.75, 3.05) is 0 Å². The molecule has 1 atom stereocenters. The van der Waals surface area contributed by atoms with Gasteiger partial charge < -0.3 is 0 Å². The first-order valence-electron chi connectivity index (χ1n) is 2.94. The molecule has 11 heavy (non-hydrogen) atoms. The van der Waals surface area contributed by atoms with E-state index in [0.29, 0.717) is 6.08 Å². The first kappa shape index (κ1) is 7.84. The molecule has 5 heteroatoms. The lowest BCUT2D eigenvalue weighted by molar-refractivity contribution is -0.580. The van der Waals surface area contributed by atoms with Crippen LogP contribution in [0.4, 0.5) is 8.78 Å². The lowest BCUT2D eigenvalue weighted by Crippen LogP contribution is -2.32. The molecule has 0 aromatic carbocycles. The van der Waals surface area contributed by atoms with Crippen molar-refractivity contribution in [3.05, 3.63) is 34.2 Å². The summed E-state index contributed by atoms with van der Waals surface area (Å²) < 4.78 is 25.3. The molecule has 1 rings (SSSR count). The van der Waals surface area contributed by atoms with Crippen molar-refractivity contribution in [1.82, 2.24) is 0 Å². The molecule has 0 spiro atoms. The highest BCUT2D eigenvalue weighted by atomic mass is 19.2. The van der Waals surface area contributed by atoms with Crippen LogP contribution in [0.2, 0.25) is 0 Å². The zero-order chi connectivity index (χ0) is 8.48. The molecule has 0 N–H and O–H groups in total. The Hall–Kier alpha value is -1.26. The van der Waals surface area contributed by atoms with Crippen LogP contribution < -0.4 is 0 Å². The molecule has 0 fully saturated rings. The van der Waals surface area contributed by atoms with Gasteiger partial charge in [0.25, 0.3) is 0 Å². The first-order chi connectivity index (χ1) is 5.07. The highest BCUT2D eigenvalue weighted by Crippen LogP contribution is 2.29. The Balaban J connectivity index is 3.00. The van der Waals surface area contributed by atoms with Crippen molar-refractivity contribution < 1.29 is 13.7 Å². The average Bonchev–Trinajstić information content (AvgIpc) is 1.95. The van der Waals surface area contributed by atoms with E-state index in [1.165, 1.54) is 6.08 Å². The molecule has 0 radical (unpaired) electrons. The summed E-state index contributed by atoms with van der Waals surface area (Å²) in [6, 6.07) is 0. The van der Waals surface area contributed by atoms with Gasteiger partial charge in [0.2, 0.25) is 5.83 Å². The molecule has 0 aromatic heterocycles. The lowest BCUT2D eigenvalue weighted by Gasteiger charge is -2.12. The van der Waals surface area contributed by atoms with E-state index in [1.54, 1.807) is 0 Å². The van der Waals surface area contributed by atoms with Gasteiger partial charge in [0, 0.05) is 6.08 Å². The van der Waals surface area contributed by atoms with E-state index < -0.39 is 16.5 Å².